The van der Waals surface area contributed by atoms with Crippen molar-refractivity contribution in [2.24, 2.45) is 5.92 Å². The first-order valence-corrected chi connectivity index (χ1v) is 7.31. The smallest absolute Gasteiger partial charge is 0.247 e. The van der Waals surface area contributed by atoms with Gasteiger partial charge in [0.25, 0.3) is 0 Å². The highest BCUT2D eigenvalue weighted by atomic mass is 79.9. The zero-order valence-corrected chi connectivity index (χ0v) is 14.1. The van der Waals surface area contributed by atoms with Crippen LogP contribution < -0.4 is 4.74 Å². The van der Waals surface area contributed by atoms with Gasteiger partial charge in [-0.1, -0.05) is 29.8 Å². The standard InChI is InChI=1S/C13H15Br2NO3/c1-8(2)4-11(16(17)18)6-9-5-10(14)7-12(15)13(9)19-3/h5-8H,4H2,1-3H3. The van der Waals surface area contributed by atoms with Crippen molar-refractivity contribution >= 4 is 37.9 Å². The van der Waals surface area contributed by atoms with Crippen LogP contribution in [0, 0.1) is 16.0 Å². The summed E-state index contributed by atoms with van der Waals surface area (Å²) in [5.74, 6) is 0.810. The molecule has 1 aromatic rings. The number of allylic oxidation sites excluding steroid dienone is 1. The number of nitrogens with zero attached hydrogens (tertiary/aromatic N) is 1. The Morgan fingerprint density at radius 3 is 2.58 bits per heavy atom. The quantitative estimate of drug-likeness (QED) is 0.529. The highest BCUT2D eigenvalue weighted by Crippen LogP contribution is 2.34. The minimum atomic E-state index is -0.339. The van der Waals surface area contributed by atoms with Crippen molar-refractivity contribution in [3.63, 3.8) is 0 Å². The van der Waals surface area contributed by atoms with Gasteiger partial charge in [-0.15, -0.1) is 0 Å². The van der Waals surface area contributed by atoms with Crippen LogP contribution >= 0.6 is 31.9 Å². The molecule has 0 spiro atoms. The summed E-state index contributed by atoms with van der Waals surface area (Å²) in [5.41, 5.74) is 0.856. The molecule has 0 aliphatic rings. The van der Waals surface area contributed by atoms with E-state index < -0.39 is 0 Å². The van der Waals surface area contributed by atoms with Crippen LogP contribution in [0.25, 0.3) is 6.08 Å². The normalized spacial score (nSPS) is 11.8. The summed E-state index contributed by atoms with van der Waals surface area (Å²) in [6.07, 6.45) is 1.98. The average Bonchev–Trinajstić information content (AvgIpc) is 2.26. The Hall–Kier alpha value is -0.880. The number of methoxy groups -OCH3 is 1. The van der Waals surface area contributed by atoms with Gasteiger partial charge in [0.2, 0.25) is 5.70 Å². The lowest BCUT2D eigenvalue weighted by Gasteiger charge is -2.09. The summed E-state index contributed by atoms with van der Waals surface area (Å²) in [7, 11) is 1.54. The SMILES string of the molecule is COc1c(Br)cc(Br)cc1C=C(CC(C)C)[N+](=O)[O-]. The molecule has 0 N–H and O–H groups in total. The molecule has 0 bridgehead atoms. The lowest BCUT2D eigenvalue weighted by Crippen LogP contribution is -2.03. The maximum atomic E-state index is 11.1. The molecule has 1 rings (SSSR count). The molecule has 104 valence electrons. The molecule has 0 aromatic heterocycles. The first-order valence-electron chi connectivity index (χ1n) is 5.73. The van der Waals surface area contributed by atoms with E-state index in [2.05, 4.69) is 31.9 Å². The molecule has 0 radical (unpaired) electrons. The van der Waals surface area contributed by atoms with E-state index in [-0.39, 0.29) is 16.5 Å². The molecule has 0 saturated carbocycles. The number of nitro groups is 1. The minimum Gasteiger partial charge on any atom is -0.495 e. The lowest BCUT2D eigenvalue weighted by molar-refractivity contribution is -0.427. The second-order valence-corrected chi connectivity index (χ2v) is 6.27. The van der Waals surface area contributed by atoms with Gasteiger partial charge in [-0.2, -0.15) is 0 Å². The van der Waals surface area contributed by atoms with Gasteiger partial charge in [0.15, 0.2) is 0 Å². The zero-order chi connectivity index (χ0) is 14.6. The third-order valence-electron chi connectivity index (χ3n) is 2.42. The number of benzene rings is 1. The Bertz CT molecular complexity index is 513. The molecular formula is C13H15Br2NO3. The molecule has 0 atom stereocenters. The molecule has 0 aliphatic heterocycles. The van der Waals surface area contributed by atoms with Gasteiger partial charge >= 0.3 is 0 Å². The van der Waals surface area contributed by atoms with Gasteiger partial charge in [-0.3, -0.25) is 10.1 Å². The van der Waals surface area contributed by atoms with Crippen LogP contribution in [-0.2, 0) is 0 Å². The van der Waals surface area contributed by atoms with Gasteiger partial charge in [0, 0.05) is 22.5 Å². The molecule has 0 unspecified atom stereocenters. The molecule has 0 fully saturated rings. The predicted molar refractivity (Wildman–Crippen MR) is 82.8 cm³/mol. The molecular weight excluding hydrogens is 378 g/mol. The summed E-state index contributed by atoms with van der Waals surface area (Å²) in [5, 5.41) is 11.1. The summed E-state index contributed by atoms with van der Waals surface area (Å²) >= 11 is 6.75. The summed E-state index contributed by atoms with van der Waals surface area (Å²) in [6, 6.07) is 3.64. The highest BCUT2D eigenvalue weighted by Gasteiger charge is 2.16. The van der Waals surface area contributed by atoms with Gasteiger partial charge < -0.3 is 4.74 Å². The van der Waals surface area contributed by atoms with Gasteiger partial charge in [0.05, 0.1) is 16.5 Å². The third kappa shape index (κ3) is 4.62. The number of hydrogen-bond donors (Lipinski definition) is 0. The lowest BCUT2D eigenvalue weighted by atomic mass is 10.1. The summed E-state index contributed by atoms with van der Waals surface area (Å²) in [4.78, 5) is 10.7. The summed E-state index contributed by atoms with van der Waals surface area (Å²) < 4.78 is 6.87. The molecule has 19 heavy (non-hydrogen) atoms. The van der Waals surface area contributed by atoms with Crippen LogP contribution in [0.2, 0.25) is 0 Å². The number of halogens is 2. The van der Waals surface area contributed by atoms with E-state index >= 15 is 0 Å². The molecule has 0 saturated heterocycles. The zero-order valence-electron chi connectivity index (χ0n) is 10.9. The Morgan fingerprint density at radius 2 is 2.11 bits per heavy atom. The Balaban J connectivity index is 3.30. The first-order chi connectivity index (χ1) is 8.85. The van der Waals surface area contributed by atoms with Gasteiger partial charge in [0.1, 0.15) is 5.75 Å². The number of rotatable bonds is 5. The van der Waals surface area contributed by atoms with Crippen molar-refractivity contribution in [3.05, 3.63) is 42.5 Å². The minimum absolute atomic E-state index is 0.179. The number of hydrogen-bond acceptors (Lipinski definition) is 3. The highest BCUT2D eigenvalue weighted by molar-refractivity contribution is 9.11. The molecule has 1 aromatic carbocycles. The molecule has 0 heterocycles. The maximum Gasteiger partial charge on any atom is 0.247 e. The Labute approximate surface area is 129 Å². The van der Waals surface area contributed by atoms with Gasteiger partial charge in [-0.05, 0) is 34.0 Å². The van der Waals surface area contributed by atoms with Crippen molar-refractivity contribution < 1.29 is 9.66 Å². The average molecular weight is 393 g/mol. The fourth-order valence-corrected chi connectivity index (χ4v) is 3.11. The van der Waals surface area contributed by atoms with Crippen molar-refractivity contribution in [1.82, 2.24) is 0 Å². The molecule has 6 heteroatoms. The monoisotopic (exact) mass is 391 g/mol. The predicted octanol–water partition coefficient (Wildman–Crippen LogP) is 4.88. The van der Waals surface area contributed by atoms with Crippen molar-refractivity contribution in [1.29, 1.82) is 0 Å². The number of ether oxygens (including phenoxy) is 1. The molecule has 4 nitrogen and oxygen atoms in total. The van der Waals surface area contributed by atoms with Crippen LogP contribution in [0.1, 0.15) is 25.8 Å². The van der Waals surface area contributed by atoms with Crippen molar-refractivity contribution in [3.8, 4) is 5.75 Å². The maximum absolute atomic E-state index is 11.1. The topological polar surface area (TPSA) is 52.4 Å². The van der Waals surface area contributed by atoms with Crippen LogP contribution in [0.5, 0.6) is 5.75 Å². The van der Waals surface area contributed by atoms with Crippen LogP contribution in [0.15, 0.2) is 26.8 Å². The molecule has 0 amide bonds. The Morgan fingerprint density at radius 1 is 1.47 bits per heavy atom. The van der Waals surface area contributed by atoms with Crippen molar-refractivity contribution in [2.75, 3.05) is 7.11 Å². The van der Waals surface area contributed by atoms with Gasteiger partial charge in [-0.25, -0.2) is 0 Å². The third-order valence-corrected chi connectivity index (χ3v) is 3.46. The van der Waals surface area contributed by atoms with Crippen LogP contribution in [0.4, 0.5) is 0 Å². The van der Waals surface area contributed by atoms with E-state index in [9.17, 15) is 10.1 Å². The van der Waals surface area contributed by atoms with E-state index in [1.54, 1.807) is 19.3 Å². The Kier molecular flexibility index (Phi) is 6.00. The second kappa shape index (κ2) is 7.05. The fourth-order valence-electron chi connectivity index (χ4n) is 1.69. The van der Waals surface area contributed by atoms with Crippen LogP contribution in [-0.4, -0.2) is 12.0 Å². The van der Waals surface area contributed by atoms with E-state index in [1.807, 2.05) is 19.9 Å². The second-order valence-electron chi connectivity index (χ2n) is 4.50. The summed E-state index contributed by atoms with van der Waals surface area (Å²) in [6.45, 7) is 3.90. The van der Waals surface area contributed by atoms with E-state index in [0.29, 0.717) is 17.7 Å². The molecule has 0 aliphatic carbocycles. The van der Waals surface area contributed by atoms with Crippen molar-refractivity contribution in [2.45, 2.75) is 20.3 Å². The fraction of sp³-hybridized carbons (Fsp3) is 0.385. The van der Waals surface area contributed by atoms with Crippen LogP contribution in [0.3, 0.4) is 0 Å². The first kappa shape index (κ1) is 16.2. The van der Waals surface area contributed by atoms with E-state index in [1.165, 1.54) is 0 Å². The van der Waals surface area contributed by atoms with E-state index in [0.717, 1.165) is 8.95 Å². The largest absolute Gasteiger partial charge is 0.495 e. The van der Waals surface area contributed by atoms with E-state index in [4.69, 9.17) is 4.74 Å².